The number of phenolic OH excluding ortho intramolecular Hbond substituents is 1. The Morgan fingerprint density at radius 2 is 1.72 bits per heavy atom. The van der Waals surface area contributed by atoms with Crippen LogP contribution in [0.25, 0.3) is 20.7 Å². The number of aromatic nitrogens is 2. The van der Waals surface area contributed by atoms with Crippen LogP contribution >= 0.6 is 34.5 Å². The van der Waals surface area contributed by atoms with Gasteiger partial charge in [0.15, 0.2) is 11.5 Å². The summed E-state index contributed by atoms with van der Waals surface area (Å²) in [4.78, 5) is 73.3. The highest BCUT2D eigenvalue weighted by Gasteiger charge is 2.68. The minimum Gasteiger partial charge on any atom is -0.507 e. The minimum absolute atomic E-state index is 0.0166. The number of allylic oxidation sites excluding steroid dienone is 2. The predicted octanol–water partition coefficient (Wildman–Crippen LogP) is 7.47. The number of rotatable bonds is 6. The van der Waals surface area contributed by atoms with Gasteiger partial charge in [0.1, 0.15) is 22.8 Å². The number of nitrogens with zero attached hydrogens (tertiary/aromatic N) is 4. The number of phenols is 2. The Balaban J connectivity index is 1.16. The summed E-state index contributed by atoms with van der Waals surface area (Å²) in [5, 5.41) is 36.9. The first-order valence-electron chi connectivity index (χ1n) is 18.4. The number of aromatic hydroxyl groups is 2. The smallest absolute Gasteiger partial charge is 0.339 e. The molecule has 13 nitrogen and oxygen atoms in total. The van der Waals surface area contributed by atoms with Crippen LogP contribution in [-0.2, 0) is 26.2 Å². The molecule has 2 aliphatic heterocycles. The molecule has 3 aromatic carbocycles. The first-order valence-corrected chi connectivity index (χ1v) is 20.0. The number of methoxy groups -OCH3 is 1. The lowest BCUT2D eigenvalue weighted by Gasteiger charge is -2.49. The number of ether oxygens (including phenoxy) is 1. The Hall–Kier alpha value is -5.70. The molecule has 2 aliphatic carbocycles. The van der Waals surface area contributed by atoms with Crippen molar-refractivity contribution < 1.29 is 44.0 Å². The van der Waals surface area contributed by atoms with E-state index in [9.17, 15) is 34.5 Å². The van der Waals surface area contributed by atoms with Crippen LogP contribution in [0.5, 0.6) is 17.2 Å². The molecule has 9 rings (SSSR count). The number of hydrogen-bond acceptors (Lipinski definition) is 10. The van der Waals surface area contributed by atoms with E-state index < -0.39 is 70.4 Å². The SMILES string of the molecule is COc1cc([C@H]2C3=CC[C@@H]4C(=O)N(c5ccc(C(=O)O)c(O)c5)C(=O)[C@@H]4[C@@H]3C[C@H]3C(=O)N(c4cc(-c5sc6ccc(Cl)cc6c5C)nn4C)C(=O)[C@@]23C)cc(Cl)c1O. The third-order valence-electron chi connectivity index (χ3n) is 12.6. The molecule has 4 heterocycles. The third kappa shape index (κ3) is 5.20. The number of imide groups is 2. The molecule has 3 fully saturated rings. The Labute approximate surface area is 344 Å². The summed E-state index contributed by atoms with van der Waals surface area (Å²) in [6.07, 6.45) is 2.05. The zero-order valence-corrected chi connectivity index (χ0v) is 33.6. The van der Waals surface area contributed by atoms with Gasteiger partial charge in [-0.1, -0.05) is 34.9 Å². The number of carbonyl (C=O) groups excluding carboxylic acids is 4. The van der Waals surface area contributed by atoms with Gasteiger partial charge in [-0.15, -0.1) is 11.3 Å². The average molecular weight is 842 g/mol. The summed E-state index contributed by atoms with van der Waals surface area (Å²) in [6.45, 7) is 3.70. The fourth-order valence-corrected chi connectivity index (χ4v) is 11.4. The van der Waals surface area contributed by atoms with Gasteiger partial charge in [0.05, 0.1) is 45.9 Å². The molecule has 5 aromatic rings. The van der Waals surface area contributed by atoms with Gasteiger partial charge in [-0.25, -0.2) is 14.6 Å². The van der Waals surface area contributed by atoms with Gasteiger partial charge < -0.3 is 20.1 Å². The fraction of sp³-hybridized carbons (Fsp3) is 0.286. The normalized spacial score (nSPS) is 25.3. The average Bonchev–Trinajstić information content (AvgIpc) is 3.85. The second-order valence-electron chi connectivity index (χ2n) is 15.4. The van der Waals surface area contributed by atoms with E-state index >= 15 is 4.79 Å². The molecule has 58 heavy (non-hydrogen) atoms. The number of aryl methyl sites for hydroxylation is 2. The van der Waals surface area contributed by atoms with Crippen LogP contribution in [0.3, 0.4) is 0 Å². The molecule has 6 atom stereocenters. The molecular weight excluding hydrogens is 807 g/mol. The van der Waals surface area contributed by atoms with Crippen LogP contribution in [0.1, 0.15) is 47.2 Å². The lowest BCUT2D eigenvalue weighted by Crippen LogP contribution is -2.49. The maximum absolute atomic E-state index is 15.2. The number of anilines is 2. The molecule has 0 bridgehead atoms. The second-order valence-corrected chi connectivity index (χ2v) is 17.3. The second kappa shape index (κ2) is 13.2. The Morgan fingerprint density at radius 3 is 2.43 bits per heavy atom. The molecule has 2 saturated heterocycles. The molecule has 0 radical (unpaired) electrons. The van der Waals surface area contributed by atoms with Gasteiger partial charge >= 0.3 is 5.97 Å². The maximum Gasteiger partial charge on any atom is 0.339 e. The zero-order valence-electron chi connectivity index (χ0n) is 31.3. The van der Waals surface area contributed by atoms with E-state index in [1.807, 2.05) is 31.2 Å². The highest BCUT2D eigenvalue weighted by Crippen LogP contribution is 2.64. The van der Waals surface area contributed by atoms with E-state index in [2.05, 4.69) is 0 Å². The number of benzene rings is 3. The summed E-state index contributed by atoms with van der Waals surface area (Å²) in [5.74, 6) is -8.36. The lowest BCUT2D eigenvalue weighted by atomic mass is 9.51. The van der Waals surface area contributed by atoms with Gasteiger partial charge in [0.25, 0.3) is 0 Å². The van der Waals surface area contributed by atoms with Gasteiger partial charge in [-0.3, -0.25) is 23.9 Å². The fourth-order valence-electron chi connectivity index (χ4n) is 9.84. The summed E-state index contributed by atoms with van der Waals surface area (Å²) in [5.41, 5.74) is 0.852. The van der Waals surface area contributed by atoms with Gasteiger partial charge in [-0.05, 0) is 91.6 Å². The molecule has 16 heteroatoms. The number of hydrogen-bond donors (Lipinski definition) is 3. The van der Waals surface area contributed by atoms with Crippen LogP contribution in [-0.4, -0.2) is 61.8 Å². The van der Waals surface area contributed by atoms with Gasteiger partial charge in [0.2, 0.25) is 23.6 Å². The van der Waals surface area contributed by atoms with Crippen molar-refractivity contribution >= 4 is 85.7 Å². The molecular formula is C42H34Cl2N4O9S. The highest BCUT2D eigenvalue weighted by atomic mass is 35.5. The number of aromatic carboxylic acids is 1. The number of carbonyl (C=O) groups is 5. The van der Waals surface area contributed by atoms with E-state index in [-0.39, 0.29) is 46.4 Å². The summed E-state index contributed by atoms with van der Waals surface area (Å²) in [7, 11) is 3.03. The van der Waals surface area contributed by atoms with E-state index in [1.165, 1.54) is 40.2 Å². The Bertz CT molecular complexity index is 2740. The van der Waals surface area contributed by atoms with Crippen LogP contribution < -0.4 is 14.5 Å². The van der Waals surface area contributed by atoms with Crippen molar-refractivity contribution in [2.75, 3.05) is 16.9 Å². The van der Waals surface area contributed by atoms with E-state index in [1.54, 1.807) is 26.1 Å². The minimum atomic E-state index is -1.43. The summed E-state index contributed by atoms with van der Waals surface area (Å²) >= 11 is 14.4. The predicted molar refractivity (Wildman–Crippen MR) is 216 cm³/mol. The first-order chi connectivity index (χ1) is 27.6. The lowest BCUT2D eigenvalue weighted by molar-refractivity contribution is -0.131. The van der Waals surface area contributed by atoms with Gasteiger partial charge in [0, 0.05) is 34.8 Å². The largest absolute Gasteiger partial charge is 0.507 e. The number of fused-ring (bicyclic) bond motifs is 5. The van der Waals surface area contributed by atoms with Crippen molar-refractivity contribution in [3.63, 3.8) is 0 Å². The third-order valence-corrected chi connectivity index (χ3v) is 14.4. The van der Waals surface area contributed by atoms with Crippen LogP contribution in [0, 0.1) is 36.0 Å². The van der Waals surface area contributed by atoms with Crippen molar-refractivity contribution in [3.8, 4) is 27.8 Å². The van der Waals surface area contributed by atoms with Crippen LogP contribution in [0.2, 0.25) is 10.0 Å². The molecule has 0 unspecified atom stereocenters. The zero-order chi connectivity index (χ0) is 41.3. The molecule has 296 valence electrons. The monoisotopic (exact) mass is 840 g/mol. The standard InChI is InChI=1S/C42H34Cl2N4O9S/c1-17-24-13-19(43)5-10-31(24)58-36(17)28-16-32(46(3)45-28)48-38(52)26-15-25-21(34(42(26,2)41(48)56)18-11-27(44)35(50)30(12-18)57-4)8-9-23-33(25)39(53)47(37(23)51)20-6-7-22(40(54)55)29(49)14-20/h5-8,10-14,16,23,25-26,33-34,49-50H,9,15H2,1-4H3,(H,54,55)/t23-,25+,26-,33-,34-,42+/m0/s1. The number of amides is 4. The molecule has 2 aromatic heterocycles. The quantitative estimate of drug-likeness (QED) is 0.115. The number of halogens is 2. The molecule has 3 N–H and O–H groups in total. The highest BCUT2D eigenvalue weighted by molar-refractivity contribution is 7.22. The number of thiophene rings is 1. The topological polar surface area (TPSA) is 180 Å². The van der Waals surface area contributed by atoms with Crippen molar-refractivity contribution in [1.29, 1.82) is 0 Å². The van der Waals surface area contributed by atoms with Crippen molar-refractivity contribution in [3.05, 3.63) is 93.0 Å². The number of carboxylic acid groups (broad SMARTS) is 1. The summed E-state index contributed by atoms with van der Waals surface area (Å²) in [6, 6.07) is 14.0. The number of carboxylic acids is 1. The summed E-state index contributed by atoms with van der Waals surface area (Å²) < 4.78 is 7.98. The van der Waals surface area contributed by atoms with Crippen molar-refractivity contribution in [2.45, 2.75) is 32.6 Å². The maximum atomic E-state index is 15.2. The molecule has 4 aliphatic rings. The van der Waals surface area contributed by atoms with E-state index in [0.717, 1.165) is 37.6 Å². The van der Waals surface area contributed by atoms with Gasteiger partial charge in [-0.2, -0.15) is 5.10 Å². The first kappa shape index (κ1) is 37.9. The molecule has 4 amide bonds. The Kier molecular flexibility index (Phi) is 8.59. The van der Waals surface area contributed by atoms with Crippen molar-refractivity contribution in [1.82, 2.24) is 9.78 Å². The van der Waals surface area contributed by atoms with E-state index in [0.29, 0.717) is 21.9 Å². The molecule has 0 spiro atoms. The van der Waals surface area contributed by atoms with E-state index in [4.69, 9.17) is 33.0 Å². The van der Waals surface area contributed by atoms with Crippen LogP contribution in [0.15, 0.2) is 66.2 Å². The van der Waals surface area contributed by atoms with Crippen LogP contribution in [0.4, 0.5) is 11.5 Å². The van der Waals surface area contributed by atoms with Crippen molar-refractivity contribution in [2.24, 2.45) is 36.1 Å². The Morgan fingerprint density at radius 1 is 0.966 bits per heavy atom. The molecule has 1 saturated carbocycles.